The van der Waals surface area contributed by atoms with Crippen molar-refractivity contribution >= 4 is 27.5 Å². The van der Waals surface area contributed by atoms with Crippen LogP contribution in [0.25, 0.3) is 0 Å². The van der Waals surface area contributed by atoms with Gasteiger partial charge in [-0.2, -0.15) is 5.10 Å². The number of nitrogens with one attached hydrogen (secondary N) is 1. The molecule has 2 rings (SSSR count). The fraction of sp³-hybridized carbons (Fsp3) is 0.583. The molecule has 1 atom stereocenters. The third-order valence-electron chi connectivity index (χ3n) is 2.97. The van der Waals surface area contributed by atoms with E-state index in [9.17, 15) is 0 Å². The van der Waals surface area contributed by atoms with Gasteiger partial charge in [0.2, 0.25) is 0 Å². The Balaban J connectivity index is 2.49. The van der Waals surface area contributed by atoms with Crippen molar-refractivity contribution < 1.29 is 0 Å². The highest BCUT2D eigenvalue weighted by Gasteiger charge is 2.26. The van der Waals surface area contributed by atoms with Crippen molar-refractivity contribution in [3.63, 3.8) is 0 Å². The van der Waals surface area contributed by atoms with Crippen LogP contribution in [0.4, 0.5) is 0 Å². The van der Waals surface area contributed by atoms with Gasteiger partial charge in [0.1, 0.15) is 0 Å². The lowest BCUT2D eigenvalue weighted by molar-refractivity contribution is 0.569. The molecule has 2 aromatic rings. The second kappa shape index (κ2) is 6.11. The van der Waals surface area contributed by atoms with E-state index in [-0.39, 0.29) is 6.04 Å². The molecule has 1 unspecified atom stereocenters. The Kier molecular flexibility index (Phi) is 4.70. The molecule has 0 saturated carbocycles. The summed E-state index contributed by atoms with van der Waals surface area (Å²) in [7, 11) is 1.95. The van der Waals surface area contributed by atoms with Gasteiger partial charge in [0.25, 0.3) is 0 Å². The van der Waals surface area contributed by atoms with Gasteiger partial charge in [-0.25, -0.2) is 0 Å². The summed E-state index contributed by atoms with van der Waals surface area (Å²) in [5, 5.41) is 12.1. The first-order chi connectivity index (χ1) is 9.06. The van der Waals surface area contributed by atoms with Gasteiger partial charge < -0.3 is 5.32 Å². The molecule has 2 heterocycles. The number of aromatic nitrogens is 4. The first kappa shape index (κ1) is 14.6. The van der Waals surface area contributed by atoms with Crippen molar-refractivity contribution in [2.24, 2.45) is 7.05 Å². The molecule has 0 aliphatic rings. The molecule has 2 aromatic heterocycles. The molecule has 19 heavy (non-hydrogen) atoms. The fourth-order valence-corrected chi connectivity index (χ4v) is 3.53. The second-order valence-electron chi connectivity index (χ2n) is 4.67. The maximum Gasteiger partial charge on any atom is 0.0888 e. The van der Waals surface area contributed by atoms with E-state index in [1.807, 2.05) is 17.9 Å². The molecule has 0 fully saturated rings. The van der Waals surface area contributed by atoms with Gasteiger partial charge in [0, 0.05) is 7.05 Å². The van der Waals surface area contributed by atoms with E-state index < -0.39 is 0 Å². The average molecular weight is 344 g/mol. The van der Waals surface area contributed by atoms with Crippen molar-refractivity contribution in [3.05, 3.63) is 26.9 Å². The monoisotopic (exact) mass is 343 g/mol. The normalized spacial score (nSPS) is 13.2. The molecule has 104 valence electrons. The predicted octanol–water partition coefficient (Wildman–Crippen LogP) is 2.86. The molecular formula is C12H18BrN5S. The van der Waals surface area contributed by atoms with Crippen molar-refractivity contribution in [2.75, 3.05) is 6.54 Å². The maximum absolute atomic E-state index is 4.30. The highest BCUT2D eigenvalue weighted by atomic mass is 79.9. The molecule has 1 N–H and O–H groups in total. The fourth-order valence-electron chi connectivity index (χ4n) is 2.07. The van der Waals surface area contributed by atoms with Crippen molar-refractivity contribution in [1.82, 2.24) is 24.7 Å². The highest BCUT2D eigenvalue weighted by Crippen LogP contribution is 2.33. The Bertz CT molecular complexity index is 529. The highest BCUT2D eigenvalue weighted by molar-refractivity contribution is 9.10. The Morgan fingerprint density at radius 3 is 2.74 bits per heavy atom. The minimum Gasteiger partial charge on any atom is -0.304 e. The number of nitrogens with zero attached hydrogens (tertiary/aromatic N) is 4. The Morgan fingerprint density at radius 2 is 2.21 bits per heavy atom. The largest absolute Gasteiger partial charge is 0.304 e. The van der Waals surface area contributed by atoms with Crippen LogP contribution in [0.2, 0.25) is 0 Å². The topological polar surface area (TPSA) is 55.6 Å². The van der Waals surface area contributed by atoms with Crippen LogP contribution >= 0.6 is 27.5 Å². The van der Waals surface area contributed by atoms with Crippen LogP contribution in [-0.4, -0.2) is 25.9 Å². The number of hydrogen-bond acceptors (Lipinski definition) is 5. The zero-order valence-corrected chi connectivity index (χ0v) is 13.9. The van der Waals surface area contributed by atoms with Crippen LogP contribution in [0, 0.1) is 0 Å². The van der Waals surface area contributed by atoms with E-state index >= 15 is 0 Å². The van der Waals surface area contributed by atoms with Gasteiger partial charge in [-0.05, 0) is 39.9 Å². The van der Waals surface area contributed by atoms with Crippen LogP contribution in [0.3, 0.4) is 0 Å². The maximum atomic E-state index is 4.30. The first-order valence-electron chi connectivity index (χ1n) is 6.29. The lowest BCUT2D eigenvalue weighted by atomic mass is 10.0. The summed E-state index contributed by atoms with van der Waals surface area (Å²) in [6.07, 6.45) is 1.82. The molecule has 0 aliphatic carbocycles. The number of halogens is 1. The van der Waals surface area contributed by atoms with Crippen LogP contribution in [0.5, 0.6) is 0 Å². The Morgan fingerprint density at radius 1 is 1.47 bits per heavy atom. The zero-order chi connectivity index (χ0) is 14.0. The van der Waals surface area contributed by atoms with Gasteiger partial charge in [0.15, 0.2) is 0 Å². The minimum atomic E-state index is 0.0734. The predicted molar refractivity (Wildman–Crippen MR) is 80.4 cm³/mol. The number of hydrogen-bond donors (Lipinski definition) is 1. The molecule has 0 bridgehead atoms. The quantitative estimate of drug-likeness (QED) is 0.906. The lowest BCUT2D eigenvalue weighted by Gasteiger charge is -2.19. The molecule has 7 heteroatoms. The molecule has 0 radical (unpaired) electrons. The van der Waals surface area contributed by atoms with Crippen LogP contribution in [0.1, 0.15) is 49.0 Å². The van der Waals surface area contributed by atoms with Gasteiger partial charge in [0.05, 0.1) is 33.0 Å². The van der Waals surface area contributed by atoms with E-state index in [1.165, 1.54) is 16.4 Å². The van der Waals surface area contributed by atoms with E-state index in [2.05, 4.69) is 56.7 Å². The molecule has 0 amide bonds. The van der Waals surface area contributed by atoms with Gasteiger partial charge in [-0.1, -0.05) is 25.3 Å². The summed E-state index contributed by atoms with van der Waals surface area (Å²) < 4.78 is 7.02. The summed E-state index contributed by atoms with van der Waals surface area (Å²) >= 11 is 5.03. The number of rotatable bonds is 5. The van der Waals surface area contributed by atoms with Crippen LogP contribution < -0.4 is 5.32 Å². The minimum absolute atomic E-state index is 0.0734. The summed E-state index contributed by atoms with van der Waals surface area (Å²) in [6, 6.07) is 0.0734. The van der Waals surface area contributed by atoms with Gasteiger partial charge >= 0.3 is 0 Å². The van der Waals surface area contributed by atoms with Crippen molar-refractivity contribution in [3.8, 4) is 0 Å². The van der Waals surface area contributed by atoms with Crippen LogP contribution in [0.15, 0.2) is 10.7 Å². The van der Waals surface area contributed by atoms with E-state index in [4.69, 9.17) is 0 Å². The number of aryl methyl sites for hydroxylation is 1. The molecule has 0 saturated heterocycles. The summed E-state index contributed by atoms with van der Waals surface area (Å²) in [4.78, 5) is 1.17. The van der Waals surface area contributed by atoms with Crippen molar-refractivity contribution in [2.45, 2.75) is 32.7 Å². The molecule has 0 spiro atoms. The van der Waals surface area contributed by atoms with Crippen LogP contribution in [-0.2, 0) is 7.05 Å². The Labute approximate surface area is 125 Å². The standard InChI is InChI=1S/C12H18BrN5S/c1-5-14-10(11-8(13)6-15-18(11)4)12-9(7(2)3)16-17-19-12/h6-7,10,14H,5H2,1-4H3. The third kappa shape index (κ3) is 2.88. The smallest absolute Gasteiger partial charge is 0.0888 e. The summed E-state index contributed by atoms with van der Waals surface area (Å²) in [5.74, 6) is 0.363. The second-order valence-corrected chi connectivity index (χ2v) is 6.31. The Hall–Kier alpha value is -0.790. The average Bonchev–Trinajstić information content (AvgIpc) is 2.95. The SMILES string of the molecule is CCNC(c1snnc1C(C)C)c1c(Br)cnn1C. The van der Waals surface area contributed by atoms with E-state index in [1.54, 1.807) is 0 Å². The molecule has 5 nitrogen and oxygen atoms in total. The van der Waals surface area contributed by atoms with Gasteiger partial charge in [-0.3, -0.25) is 4.68 Å². The van der Waals surface area contributed by atoms with Crippen molar-refractivity contribution in [1.29, 1.82) is 0 Å². The third-order valence-corrected chi connectivity index (χ3v) is 4.38. The molecular weight excluding hydrogens is 326 g/mol. The summed E-state index contributed by atoms with van der Waals surface area (Å²) in [5.41, 5.74) is 2.17. The van der Waals surface area contributed by atoms with E-state index in [0.717, 1.165) is 22.4 Å². The lowest BCUT2D eigenvalue weighted by Crippen LogP contribution is -2.25. The zero-order valence-electron chi connectivity index (χ0n) is 11.5. The summed E-state index contributed by atoms with van der Waals surface area (Å²) in [6.45, 7) is 7.25. The molecule has 0 aromatic carbocycles. The first-order valence-corrected chi connectivity index (χ1v) is 7.85. The molecule has 0 aliphatic heterocycles. The van der Waals surface area contributed by atoms with Gasteiger partial charge in [-0.15, -0.1) is 5.10 Å². The van der Waals surface area contributed by atoms with E-state index in [0.29, 0.717) is 5.92 Å².